The number of benzene rings is 3. The molecule has 0 atom stereocenters. The van der Waals surface area contributed by atoms with E-state index in [9.17, 15) is 0 Å². The Labute approximate surface area is 182 Å². The molecule has 0 bridgehead atoms. The van der Waals surface area contributed by atoms with Gasteiger partial charge in [0.25, 0.3) is 0 Å². The van der Waals surface area contributed by atoms with Crippen LogP contribution in [0.2, 0.25) is 0 Å². The van der Waals surface area contributed by atoms with Gasteiger partial charge in [-0.15, -0.1) is 0 Å². The van der Waals surface area contributed by atoms with Crippen molar-refractivity contribution >= 4 is 10.8 Å². The zero-order valence-electron chi connectivity index (χ0n) is 18.1. The highest BCUT2D eigenvalue weighted by atomic mass is 16.5. The third-order valence-electron chi connectivity index (χ3n) is 5.31. The molecule has 0 fully saturated rings. The Morgan fingerprint density at radius 3 is 1.97 bits per heavy atom. The molecule has 0 radical (unpaired) electrons. The van der Waals surface area contributed by atoms with Crippen molar-refractivity contribution in [2.75, 3.05) is 28.4 Å². The van der Waals surface area contributed by atoms with Crippen molar-refractivity contribution in [3.05, 3.63) is 78.0 Å². The first kappa shape index (κ1) is 20.5. The van der Waals surface area contributed by atoms with E-state index in [-0.39, 0.29) is 0 Å². The number of rotatable bonds is 7. The molecule has 0 unspecified atom stereocenters. The fraction of sp³-hybridized carbons (Fsp3) is 0.192. The Morgan fingerprint density at radius 1 is 0.645 bits per heavy atom. The summed E-state index contributed by atoms with van der Waals surface area (Å²) in [6, 6.07) is 22.2. The van der Waals surface area contributed by atoms with E-state index in [0.29, 0.717) is 29.4 Å². The molecular formula is C26H25NO4. The SMILES string of the molecule is COc1ccc(-c2cc3cc(OC)c(OC)cc3c(Cc3ccccc3)n2)cc1OC. The van der Waals surface area contributed by atoms with Gasteiger partial charge in [0.05, 0.1) is 39.8 Å². The summed E-state index contributed by atoms with van der Waals surface area (Å²) in [5.74, 6) is 2.72. The van der Waals surface area contributed by atoms with Gasteiger partial charge in [0.2, 0.25) is 0 Å². The van der Waals surface area contributed by atoms with Crippen LogP contribution in [0.5, 0.6) is 23.0 Å². The highest BCUT2D eigenvalue weighted by molar-refractivity contribution is 5.91. The van der Waals surface area contributed by atoms with E-state index in [4.69, 9.17) is 23.9 Å². The maximum Gasteiger partial charge on any atom is 0.161 e. The highest BCUT2D eigenvalue weighted by Crippen LogP contribution is 2.37. The molecule has 4 rings (SSSR count). The predicted molar refractivity (Wildman–Crippen MR) is 123 cm³/mol. The second kappa shape index (κ2) is 8.96. The standard InChI is InChI=1S/C26H25NO4/c1-28-23-11-10-18(14-24(23)29-2)21-13-19-15-25(30-3)26(31-4)16-20(19)22(27-21)12-17-8-6-5-7-9-17/h5-11,13-16H,12H2,1-4H3. The zero-order valence-corrected chi connectivity index (χ0v) is 18.1. The molecule has 5 heteroatoms. The van der Waals surface area contributed by atoms with Gasteiger partial charge >= 0.3 is 0 Å². The normalized spacial score (nSPS) is 10.7. The van der Waals surface area contributed by atoms with Crippen LogP contribution in [0.3, 0.4) is 0 Å². The van der Waals surface area contributed by atoms with E-state index in [2.05, 4.69) is 18.2 Å². The van der Waals surface area contributed by atoms with Gasteiger partial charge in [0, 0.05) is 17.4 Å². The summed E-state index contributed by atoms with van der Waals surface area (Å²) < 4.78 is 21.9. The van der Waals surface area contributed by atoms with Gasteiger partial charge in [-0.2, -0.15) is 0 Å². The van der Waals surface area contributed by atoms with Crippen LogP contribution >= 0.6 is 0 Å². The Kier molecular flexibility index (Phi) is 5.94. The van der Waals surface area contributed by atoms with Crippen LogP contribution in [0.15, 0.2) is 66.7 Å². The average molecular weight is 415 g/mol. The molecule has 4 aromatic rings. The highest BCUT2D eigenvalue weighted by Gasteiger charge is 2.15. The summed E-state index contributed by atoms with van der Waals surface area (Å²) in [7, 11) is 6.55. The second-order valence-electron chi connectivity index (χ2n) is 7.11. The maximum absolute atomic E-state index is 5.54. The van der Waals surface area contributed by atoms with Crippen LogP contribution in [-0.2, 0) is 6.42 Å². The third kappa shape index (κ3) is 4.12. The molecule has 0 aliphatic carbocycles. The van der Waals surface area contributed by atoms with Crippen molar-refractivity contribution in [1.82, 2.24) is 4.98 Å². The first-order chi connectivity index (χ1) is 15.2. The molecule has 1 heterocycles. The van der Waals surface area contributed by atoms with E-state index < -0.39 is 0 Å². The summed E-state index contributed by atoms with van der Waals surface area (Å²) >= 11 is 0. The number of hydrogen-bond donors (Lipinski definition) is 0. The minimum absolute atomic E-state index is 0.666. The fourth-order valence-corrected chi connectivity index (χ4v) is 3.72. The van der Waals surface area contributed by atoms with E-state index in [1.54, 1.807) is 28.4 Å². The summed E-state index contributed by atoms with van der Waals surface area (Å²) in [6.07, 6.45) is 0.702. The minimum atomic E-state index is 0.666. The molecule has 0 N–H and O–H groups in total. The lowest BCUT2D eigenvalue weighted by atomic mass is 10.00. The molecule has 158 valence electrons. The van der Waals surface area contributed by atoms with Gasteiger partial charge < -0.3 is 18.9 Å². The molecule has 0 saturated carbocycles. The molecule has 0 amide bonds. The Hall–Kier alpha value is -3.73. The van der Waals surface area contributed by atoms with Crippen LogP contribution in [0, 0.1) is 0 Å². The summed E-state index contributed by atoms with van der Waals surface area (Å²) in [4.78, 5) is 5.04. The molecular weight excluding hydrogens is 390 g/mol. The van der Waals surface area contributed by atoms with Crippen molar-refractivity contribution in [3.63, 3.8) is 0 Å². The van der Waals surface area contributed by atoms with Crippen LogP contribution in [0.25, 0.3) is 22.0 Å². The van der Waals surface area contributed by atoms with Crippen molar-refractivity contribution in [1.29, 1.82) is 0 Å². The number of methoxy groups -OCH3 is 4. The van der Waals surface area contributed by atoms with Gasteiger partial charge in [0.15, 0.2) is 23.0 Å². The van der Waals surface area contributed by atoms with Crippen LogP contribution in [0.1, 0.15) is 11.3 Å². The number of ether oxygens (including phenoxy) is 4. The zero-order chi connectivity index (χ0) is 21.8. The molecule has 1 aromatic heterocycles. The van der Waals surface area contributed by atoms with Crippen molar-refractivity contribution in [3.8, 4) is 34.3 Å². The molecule has 0 spiro atoms. The third-order valence-corrected chi connectivity index (χ3v) is 5.31. The Morgan fingerprint density at radius 2 is 1.29 bits per heavy atom. The van der Waals surface area contributed by atoms with Gasteiger partial charge in [0.1, 0.15) is 0 Å². The number of fused-ring (bicyclic) bond motifs is 1. The van der Waals surface area contributed by atoms with Crippen molar-refractivity contribution in [2.24, 2.45) is 0 Å². The maximum atomic E-state index is 5.54. The number of pyridine rings is 1. The number of nitrogens with zero attached hydrogens (tertiary/aromatic N) is 1. The first-order valence-corrected chi connectivity index (χ1v) is 9.98. The van der Waals surface area contributed by atoms with Crippen molar-refractivity contribution < 1.29 is 18.9 Å². The quantitative estimate of drug-likeness (QED) is 0.397. The van der Waals surface area contributed by atoms with Crippen LogP contribution in [-0.4, -0.2) is 33.4 Å². The van der Waals surface area contributed by atoms with Gasteiger partial charge in [-0.25, -0.2) is 0 Å². The van der Waals surface area contributed by atoms with E-state index >= 15 is 0 Å². The van der Waals surface area contributed by atoms with Crippen LogP contribution < -0.4 is 18.9 Å². The fourth-order valence-electron chi connectivity index (χ4n) is 3.72. The molecule has 0 aliphatic rings. The first-order valence-electron chi connectivity index (χ1n) is 9.98. The second-order valence-corrected chi connectivity index (χ2v) is 7.11. The van der Waals surface area contributed by atoms with E-state index in [0.717, 1.165) is 27.7 Å². The topological polar surface area (TPSA) is 49.8 Å². The summed E-state index contributed by atoms with van der Waals surface area (Å²) in [6.45, 7) is 0. The van der Waals surface area contributed by atoms with Crippen LogP contribution in [0.4, 0.5) is 0 Å². The van der Waals surface area contributed by atoms with E-state index in [1.165, 1.54) is 5.56 Å². The molecule has 3 aromatic carbocycles. The molecule has 0 aliphatic heterocycles. The summed E-state index contributed by atoms with van der Waals surface area (Å²) in [5, 5.41) is 2.06. The minimum Gasteiger partial charge on any atom is -0.493 e. The van der Waals surface area contributed by atoms with Gasteiger partial charge in [-0.3, -0.25) is 4.98 Å². The molecule has 5 nitrogen and oxygen atoms in total. The van der Waals surface area contributed by atoms with Gasteiger partial charge in [-0.1, -0.05) is 30.3 Å². The lowest BCUT2D eigenvalue weighted by molar-refractivity contribution is 0.355. The van der Waals surface area contributed by atoms with Gasteiger partial charge in [-0.05, 0) is 47.3 Å². The Balaban J connectivity index is 1.92. The molecule has 0 saturated heterocycles. The lowest BCUT2D eigenvalue weighted by Gasteiger charge is -2.15. The van der Waals surface area contributed by atoms with Crippen molar-refractivity contribution in [2.45, 2.75) is 6.42 Å². The number of aromatic nitrogens is 1. The van der Waals surface area contributed by atoms with E-state index in [1.807, 2.05) is 48.5 Å². The largest absolute Gasteiger partial charge is 0.493 e. The summed E-state index contributed by atoms with van der Waals surface area (Å²) in [5.41, 5.74) is 3.96. The lowest BCUT2D eigenvalue weighted by Crippen LogP contribution is -1.99. The molecule has 31 heavy (non-hydrogen) atoms. The monoisotopic (exact) mass is 415 g/mol. The average Bonchev–Trinajstić information content (AvgIpc) is 2.83. The Bertz CT molecular complexity index is 1210. The smallest absolute Gasteiger partial charge is 0.161 e. The number of hydrogen-bond acceptors (Lipinski definition) is 5. The predicted octanol–water partition coefficient (Wildman–Crippen LogP) is 5.53.